The zero-order valence-electron chi connectivity index (χ0n) is 14.5. The number of piperidine rings is 1. The normalized spacial score (nSPS) is 26.2. The van der Waals surface area contributed by atoms with Crippen LogP contribution in [0.5, 0.6) is 0 Å². The van der Waals surface area contributed by atoms with Gasteiger partial charge in [0.1, 0.15) is 12.1 Å². The van der Waals surface area contributed by atoms with Crippen molar-refractivity contribution in [3.05, 3.63) is 17.5 Å². The van der Waals surface area contributed by atoms with Crippen LogP contribution in [-0.4, -0.2) is 94.8 Å². The second-order valence-electron chi connectivity index (χ2n) is 6.69. The fourth-order valence-corrected chi connectivity index (χ4v) is 4.13. The van der Waals surface area contributed by atoms with Gasteiger partial charge in [-0.15, -0.1) is 4.28 Å². The van der Waals surface area contributed by atoms with Crippen molar-refractivity contribution in [3.63, 3.8) is 0 Å². The topological polar surface area (TPSA) is 135 Å². The van der Waals surface area contributed by atoms with Crippen LogP contribution in [0.2, 0.25) is 0 Å². The average molecular weight is 424 g/mol. The number of thiol groups is 1. The Labute approximate surface area is 184 Å². The Morgan fingerprint density at radius 1 is 1.39 bits per heavy atom. The Morgan fingerprint density at radius 3 is 2.93 bits per heavy atom. The Hall–Kier alpha value is -1.22. The zero-order chi connectivity index (χ0) is 19.1. The second kappa shape index (κ2) is 8.65. The van der Waals surface area contributed by atoms with E-state index in [9.17, 15) is 18.0 Å². The molecule has 0 aliphatic carbocycles. The molecule has 4 rings (SSSR count). The number of hydrogen-bond acceptors (Lipinski definition) is 8. The maximum atomic E-state index is 12.6. The standard InChI is InChI=1S/C14H20N6O6S.Na.H/c1-18-11-5-15-6-12(9(11)4-16-18)25-17-13(21)10-3-2-8-7-19(10)14(22)20(8)26-27(23)24;;/h4,8,10,12,15,27H,2-3,5-7H2,1H3,(H,17,21);;/t8-,10+,12?;;/m1../s1. The van der Waals surface area contributed by atoms with E-state index in [1.165, 1.54) is 4.90 Å². The molecular weight excluding hydrogens is 403 g/mol. The van der Waals surface area contributed by atoms with Crippen molar-refractivity contribution in [3.8, 4) is 0 Å². The van der Waals surface area contributed by atoms with Gasteiger partial charge in [0.15, 0.2) is 0 Å². The number of carbonyl (C=O) groups is 2. The van der Waals surface area contributed by atoms with E-state index in [1.54, 1.807) is 10.9 Å². The van der Waals surface area contributed by atoms with E-state index in [0.717, 1.165) is 16.3 Å². The van der Waals surface area contributed by atoms with Crippen LogP contribution in [0.1, 0.15) is 30.2 Å². The third kappa shape index (κ3) is 3.92. The van der Waals surface area contributed by atoms with Crippen LogP contribution < -0.4 is 10.8 Å². The van der Waals surface area contributed by atoms with E-state index in [4.69, 9.17) is 4.84 Å². The zero-order valence-corrected chi connectivity index (χ0v) is 15.4. The molecule has 1 aromatic rings. The number of aromatic nitrogens is 2. The number of aryl methyl sites for hydroxylation is 1. The molecule has 2 fully saturated rings. The fourth-order valence-electron chi connectivity index (χ4n) is 3.78. The first-order chi connectivity index (χ1) is 13.0. The van der Waals surface area contributed by atoms with E-state index in [1.807, 2.05) is 7.05 Å². The van der Waals surface area contributed by atoms with Crippen LogP contribution in [-0.2, 0) is 38.5 Å². The van der Waals surface area contributed by atoms with Crippen LogP contribution in [0.4, 0.5) is 4.79 Å². The molecule has 28 heavy (non-hydrogen) atoms. The number of nitrogens with one attached hydrogen (secondary N) is 2. The van der Waals surface area contributed by atoms with Crippen LogP contribution in [0.15, 0.2) is 6.20 Å². The van der Waals surface area contributed by atoms with Gasteiger partial charge in [0, 0.05) is 32.2 Å². The molecule has 3 atom stereocenters. The average Bonchev–Trinajstić information content (AvgIpc) is 3.14. The quantitative estimate of drug-likeness (QED) is 0.273. The number of rotatable bonds is 5. The van der Waals surface area contributed by atoms with Gasteiger partial charge in [-0.25, -0.2) is 18.7 Å². The molecule has 2 saturated heterocycles. The molecule has 3 aliphatic rings. The van der Waals surface area contributed by atoms with E-state index in [2.05, 4.69) is 20.2 Å². The summed E-state index contributed by atoms with van der Waals surface area (Å²) in [4.78, 5) is 31.8. The van der Waals surface area contributed by atoms with Crippen LogP contribution >= 0.6 is 0 Å². The first-order valence-corrected chi connectivity index (χ1v) is 9.64. The van der Waals surface area contributed by atoms with E-state index < -0.39 is 29.0 Å². The maximum absolute atomic E-state index is 12.6. The first kappa shape index (κ1) is 21.5. The number of amides is 3. The fraction of sp³-hybridized carbons (Fsp3) is 0.643. The van der Waals surface area contributed by atoms with Crippen molar-refractivity contribution in [2.45, 2.75) is 37.6 Å². The summed E-state index contributed by atoms with van der Waals surface area (Å²) >= 11 is 0. The van der Waals surface area contributed by atoms with Gasteiger partial charge in [-0.2, -0.15) is 10.2 Å². The van der Waals surface area contributed by atoms with Crippen molar-refractivity contribution in [2.24, 2.45) is 7.05 Å². The Balaban J connectivity index is 0.00000225. The first-order valence-electron chi connectivity index (χ1n) is 8.55. The number of carbonyl (C=O) groups excluding carboxylic acids is 2. The third-order valence-corrected chi connectivity index (χ3v) is 5.45. The number of hydroxylamine groups is 3. The van der Waals surface area contributed by atoms with Crippen LogP contribution in [0.3, 0.4) is 0 Å². The summed E-state index contributed by atoms with van der Waals surface area (Å²) in [6.45, 7) is 1.42. The summed E-state index contributed by atoms with van der Waals surface area (Å²) in [5.41, 5.74) is 4.32. The van der Waals surface area contributed by atoms with Crippen molar-refractivity contribution >= 4 is 52.5 Å². The second-order valence-corrected chi connectivity index (χ2v) is 7.30. The Morgan fingerprint density at radius 2 is 2.18 bits per heavy atom. The molecule has 1 aromatic heterocycles. The predicted molar refractivity (Wildman–Crippen MR) is 96.2 cm³/mol. The van der Waals surface area contributed by atoms with Crippen molar-refractivity contribution in [2.75, 3.05) is 13.1 Å². The summed E-state index contributed by atoms with van der Waals surface area (Å²) in [5, 5.41) is 8.22. The van der Waals surface area contributed by atoms with Crippen molar-refractivity contribution in [1.82, 2.24) is 30.5 Å². The minimum absolute atomic E-state index is 0. The van der Waals surface area contributed by atoms with E-state index in [-0.39, 0.29) is 48.2 Å². The number of fused-ring (bicyclic) bond motifs is 3. The minimum atomic E-state index is -3.19. The predicted octanol–water partition coefficient (Wildman–Crippen LogP) is -2.31. The molecule has 0 saturated carbocycles. The molecule has 2 N–H and O–H groups in total. The Kier molecular flexibility index (Phi) is 6.64. The number of hydrogen-bond donors (Lipinski definition) is 3. The van der Waals surface area contributed by atoms with Gasteiger partial charge in [-0.1, -0.05) is 0 Å². The summed E-state index contributed by atoms with van der Waals surface area (Å²) < 4.78 is 27.9. The third-order valence-electron chi connectivity index (χ3n) is 5.14. The molecule has 14 heteroatoms. The molecule has 1 unspecified atom stereocenters. The van der Waals surface area contributed by atoms with Crippen LogP contribution in [0.25, 0.3) is 0 Å². The summed E-state index contributed by atoms with van der Waals surface area (Å²) in [6, 6.07) is -1.75. The summed E-state index contributed by atoms with van der Waals surface area (Å²) in [5.74, 6) is -0.453. The molecule has 3 aliphatic heterocycles. The van der Waals surface area contributed by atoms with Gasteiger partial charge in [0.05, 0.1) is 17.9 Å². The number of urea groups is 1. The van der Waals surface area contributed by atoms with Gasteiger partial charge >= 0.3 is 35.6 Å². The summed E-state index contributed by atoms with van der Waals surface area (Å²) in [7, 11) is -1.36. The number of nitrogens with zero attached hydrogens (tertiary/aromatic N) is 4. The van der Waals surface area contributed by atoms with Gasteiger partial charge in [0.25, 0.3) is 16.9 Å². The van der Waals surface area contributed by atoms with Gasteiger partial charge < -0.3 is 10.2 Å². The molecule has 2 bridgehead atoms. The molecule has 0 spiro atoms. The molecule has 0 radical (unpaired) electrons. The summed E-state index contributed by atoms with van der Waals surface area (Å²) in [6.07, 6.45) is 2.17. The SMILES string of the molecule is Cn1ncc2c1CNCC2ONC(=O)[C@@H]1CC[C@@H]2CN1C(=O)N2O[SH](=O)=O.[NaH]. The molecule has 12 nitrogen and oxygen atoms in total. The van der Waals surface area contributed by atoms with Gasteiger partial charge in [-0.05, 0) is 12.8 Å². The van der Waals surface area contributed by atoms with Gasteiger partial charge in [0.2, 0.25) is 0 Å². The van der Waals surface area contributed by atoms with Crippen molar-refractivity contribution < 1.29 is 27.1 Å². The molecule has 3 amide bonds. The Bertz CT molecular complexity index is 838. The van der Waals surface area contributed by atoms with E-state index >= 15 is 0 Å². The molecular formula is C14H21N6NaO6S. The van der Waals surface area contributed by atoms with Gasteiger partial charge in [-0.3, -0.25) is 14.3 Å². The molecule has 0 aromatic carbocycles. The molecule has 4 heterocycles. The van der Waals surface area contributed by atoms with E-state index in [0.29, 0.717) is 25.9 Å². The molecule has 150 valence electrons. The van der Waals surface area contributed by atoms with Crippen molar-refractivity contribution in [1.29, 1.82) is 0 Å². The van der Waals surface area contributed by atoms with Crippen LogP contribution in [0, 0.1) is 0 Å². The monoisotopic (exact) mass is 424 g/mol.